The average Bonchev–Trinajstić information content (AvgIpc) is 3.05. The van der Waals surface area contributed by atoms with Crippen molar-refractivity contribution in [1.29, 1.82) is 0 Å². The summed E-state index contributed by atoms with van der Waals surface area (Å²) >= 11 is 0. The molecule has 0 saturated heterocycles. The maximum atomic E-state index is 12.8. The molecule has 0 fully saturated rings. The number of hydrogen-bond donors (Lipinski definition) is 1. The Balaban J connectivity index is 2.40. The summed E-state index contributed by atoms with van der Waals surface area (Å²) in [4.78, 5) is 47.6. The van der Waals surface area contributed by atoms with Crippen LogP contribution >= 0.6 is 0 Å². The molecule has 0 aliphatic carbocycles. The molecule has 0 aliphatic heterocycles. The third-order valence-electron chi connectivity index (χ3n) is 4.24. The van der Waals surface area contributed by atoms with E-state index in [0.717, 1.165) is 5.56 Å². The van der Waals surface area contributed by atoms with Crippen LogP contribution in [-0.2, 0) is 36.9 Å². The molecule has 1 aromatic carbocycles. The van der Waals surface area contributed by atoms with E-state index in [1.165, 1.54) is 17.9 Å². The van der Waals surface area contributed by atoms with Gasteiger partial charge < -0.3 is 19.6 Å². The number of nitrogens with one attached hydrogen (secondary N) is 1. The largest absolute Gasteiger partial charge is 0.464 e. The van der Waals surface area contributed by atoms with Crippen LogP contribution in [-0.4, -0.2) is 46.3 Å². The predicted molar refractivity (Wildman–Crippen MR) is 107 cm³/mol. The minimum atomic E-state index is -2.06. The molecular formula is C21H27N3O6. The monoisotopic (exact) mass is 417 g/mol. The van der Waals surface area contributed by atoms with Crippen LogP contribution in [0.3, 0.4) is 0 Å². The molecule has 0 spiro atoms. The second-order valence-corrected chi connectivity index (χ2v) is 6.55. The van der Waals surface area contributed by atoms with E-state index in [1.54, 1.807) is 20.8 Å². The topological polar surface area (TPSA) is 109 Å². The van der Waals surface area contributed by atoms with Crippen LogP contribution in [0.15, 0.2) is 36.5 Å². The number of aryl methyl sites for hydroxylation is 1. The second-order valence-electron chi connectivity index (χ2n) is 6.55. The molecule has 1 heterocycles. The van der Waals surface area contributed by atoms with Gasteiger partial charge in [0.2, 0.25) is 11.4 Å². The summed E-state index contributed by atoms with van der Waals surface area (Å²) in [5.74, 6) is -1.88. The summed E-state index contributed by atoms with van der Waals surface area (Å²) in [7, 11) is 0. The van der Waals surface area contributed by atoms with Crippen molar-refractivity contribution < 1.29 is 28.7 Å². The van der Waals surface area contributed by atoms with Crippen LogP contribution < -0.4 is 10.2 Å². The highest BCUT2D eigenvalue weighted by atomic mass is 16.7. The first kappa shape index (κ1) is 22.9. The molecule has 2 rings (SSSR count). The van der Waals surface area contributed by atoms with Gasteiger partial charge in [0.05, 0.1) is 25.1 Å². The summed E-state index contributed by atoms with van der Waals surface area (Å²) in [5, 5.41) is 2.44. The molecule has 162 valence electrons. The van der Waals surface area contributed by atoms with Crippen LogP contribution in [0.2, 0.25) is 0 Å². The Bertz CT molecular complexity index is 860. The van der Waals surface area contributed by atoms with Gasteiger partial charge in [0.15, 0.2) is 0 Å². The van der Waals surface area contributed by atoms with Gasteiger partial charge in [-0.25, -0.2) is 14.6 Å². The molecule has 0 bridgehead atoms. The average molecular weight is 417 g/mol. The van der Waals surface area contributed by atoms with Gasteiger partial charge in [0.1, 0.15) is 12.4 Å². The summed E-state index contributed by atoms with van der Waals surface area (Å²) in [5.41, 5.74) is -0.725. The standard InChI is InChI=1S/C21H27N3O6/c1-5-28-19(26)21(23-16(4)25,20(27)29-6-2)12-18-13-22-15(3)24(18)30-14-17-10-8-7-9-11-17/h7-11,13H,5-6,12,14H2,1-4H3,(H,23,25). The van der Waals surface area contributed by atoms with E-state index in [0.29, 0.717) is 11.5 Å². The Labute approximate surface area is 175 Å². The molecule has 30 heavy (non-hydrogen) atoms. The van der Waals surface area contributed by atoms with Crippen molar-refractivity contribution in [1.82, 2.24) is 15.0 Å². The number of hydrogen-bond acceptors (Lipinski definition) is 7. The minimum Gasteiger partial charge on any atom is -0.464 e. The van der Waals surface area contributed by atoms with Gasteiger partial charge in [0, 0.05) is 13.3 Å². The molecule has 0 aliphatic rings. The molecule has 1 N–H and O–H groups in total. The summed E-state index contributed by atoms with van der Waals surface area (Å²) < 4.78 is 11.6. The maximum absolute atomic E-state index is 12.8. The van der Waals surface area contributed by atoms with Gasteiger partial charge in [-0.2, -0.15) is 4.73 Å². The van der Waals surface area contributed by atoms with E-state index < -0.39 is 23.4 Å². The first-order chi connectivity index (χ1) is 14.3. The lowest BCUT2D eigenvalue weighted by Gasteiger charge is -2.29. The number of ether oxygens (including phenoxy) is 2. The van der Waals surface area contributed by atoms with Crippen molar-refractivity contribution in [3.8, 4) is 0 Å². The molecule has 1 amide bonds. The molecule has 0 atom stereocenters. The first-order valence-corrected chi connectivity index (χ1v) is 9.67. The van der Waals surface area contributed by atoms with Gasteiger partial charge in [-0.3, -0.25) is 4.79 Å². The number of carbonyl (C=O) groups excluding carboxylic acids is 3. The highest BCUT2D eigenvalue weighted by Gasteiger charge is 2.51. The Morgan fingerprint density at radius 1 is 1.07 bits per heavy atom. The van der Waals surface area contributed by atoms with Crippen molar-refractivity contribution in [2.45, 2.75) is 46.3 Å². The maximum Gasteiger partial charge on any atom is 0.344 e. The van der Waals surface area contributed by atoms with Gasteiger partial charge in [-0.1, -0.05) is 30.3 Å². The highest BCUT2D eigenvalue weighted by Crippen LogP contribution is 2.20. The number of nitrogens with zero attached hydrogens (tertiary/aromatic N) is 2. The number of esters is 2. The zero-order valence-corrected chi connectivity index (χ0v) is 17.6. The molecule has 1 aromatic heterocycles. The smallest absolute Gasteiger partial charge is 0.344 e. The van der Waals surface area contributed by atoms with Gasteiger partial charge in [-0.05, 0) is 26.3 Å². The van der Waals surface area contributed by atoms with E-state index in [1.807, 2.05) is 30.3 Å². The normalized spacial score (nSPS) is 10.9. The summed E-state index contributed by atoms with van der Waals surface area (Å²) in [6.07, 6.45) is 1.23. The van der Waals surface area contributed by atoms with E-state index in [-0.39, 0.29) is 26.2 Å². The molecular weight excluding hydrogens is 390 g/mol. The van der Waals surface area contributed by atoms with Crippen LogP contribution in [0.1, 0.15) is 37.9 Å². The Kier molecular flexibility index (Phi) is 7.97. The van der Waals surface area contributed by atoms with Crippen LogP contribution in [0, 0.1) is 6.92 Å². The predicted octanol–water partition coefficient (Wildman–Crippen LogP) is 1.36. The fourth-order valence-electron chi connectivity index (χ4n) is 2.94. The Hall–Kier alpha value is -3.36. The zero-order chi connectivity index (χ0) is 22.1. The molecule has 9 heteroatoms. The SMILES string of the molecule is CCOC(=O)C(Cc1cnc(C)n1OCc1ccccc1)(NC(C)=O)C(=O)OCC. The van der Waals surface area contributed by atoms with Gasteiger partial charge in [0.25, 0.3) is 0 Å². The lowest BCUT2D eigenvalue weighted by molar-refractivity contribution is -0.168. The van der Waals surface area contributed by atoms with Crippen LogP contribution in [0.5, 0.6) is 0 Å². The third kappa shape index (κ3) is 5.37. The van der Waals surface area contributed by atoms with Crippen molar-refractivity contribution in [3.63, 3.8) is 0 Å². The zero-order valence-electron chi connectivity index (χ0n) is 17.6. The number of carbonyl (C=O) groups is 3. The van der Waals surface area contributed by atoms with Crippen LogP contribution in [0.4, 0.5) is 0 Å². The number of benzene rings is 1. The highest BCUT2D eigenvalue weighted by molar-refractivity contribution is 6.08. The van der Waals surface area contributed by atoms with E-state index in [2.05, 4.69) is 10.3 Å². The molecule has 0 saturated carbocycles. The van der Waals surface area contributed by atoms with E-state index in [4.69, 9.17) is 14.3 Å². The Morgan fingerprint density at radius 3 is 2.20 bits per heavy atom. The lowest BCUT2D eigenvalue weighted by Crippen LogP contribution is -2.62. The van der Waals surface area contributed by atoms with Crippen molar-refractivity contribution in [2.24, 2.45) is 0 Å². The quantitative estimate of drug-likeness (QED) is 0.459. The van der Waals surface area contributed by atoms with Crippen molar-refractivity contribution in [2.75, 3.05) is 13.2 Å². The lowest BCUT2D eigenvalue weighted by atomic mass is 9.93. The van der Waals surface area contributed by atoms with E-state index in [9.17, 15) is 14.4 Å². The van der Waals surface area contributed by atoms with Gasteiger partial charge in [-0.15, -0.1) is 0 Å². The fourth-order valence-corrected chi connectivity index (χ4v) is 2.94. The first-order valence-electron chi connectivity index (χ1n) is 9.67. The second kappa shape index (κ2) is 10.4. The van der Waals surface area contributed by atoms with Crippen LogP contribution in [0.25, 0.3) is 0 Å². The van der Waals surface area contributed by atoms with E-state index >= 15 is 0 Å². The van der Waals surface area contributed by atoms with Crippen molar-refractivity contribution in [3.05, 3.63) is 53.6 Å². The third-order valence-corrected chi connectivity index (χ3v) is 4.24. The number of aromatic nitrogens is 2. The summed E-state index contributed by atoms with van der Waals surface area (Å²) in [6, 6.07) is 9.50. The molecule has 0 unspecified atom stereocenters. The Morgan fingerprint density at radius 2 is 1.67 bits per heavy atom. The number of amides is 1. The number of rotatable bonds is 10. The minimum absolute atomic E-state index is 0.0301. The number of imidazole rings is 1. The molecule has 9 nitrogen and oxygen atoms in total. The molecule has 2 aromatic rings. The fraction of sp³-hybridized carbons (Fsp3) is 0.429. The molecule has 0 radical (unpaired) electrons. The summed E-state index contributed by atoms with van der Waals surface area (Å²) in [6.45, 7) is 6.46. The van der Waals surface area contributed by atoms with Crippen molar-refractivity contribution >= 4 is 17.8 Å². The van der Waals surface area contributed by atoms with Gasteiger partial charge >= 0.3 is 11.9 Å².